The first-order valence-corrected chi connectivity index (χ1v) is 7.45. The molecule has 1 aromatic rings. The lowest BCUT2D eigenvalue weighted by Gasteiger charge is -2.24. The lowest BCUT2D eigenvalue weighted by molar-refractivity contribution is -0.135. The maximum absolute atomic E-state index is 12.5. The average Bonchev–Trinajstić information content (AvgIpc) is 2.68. The molecule has 0 aromatic heterocycles. The Labute approximate surface area is 139 Å². The highest BCUT2D eigenvalue weighted by Crippen LogP contribution is 2.26. The van der Waals surface area contributed by atoms with Crippen molar-refractivity contribution in [3.8, 4) is 11.5 Å². The molecule has 0 unspecified atom stereocenters. The summed E-state index contributed by atoms with van der Waals surface area (Å²) < 4.78 is 10.4. The Morgan fingerprint density at radius 1 is 1.33 bits per heavy atom. The van der Waals surface area contributed by atoms with E-state index in [0.29, 0.717) is 17.1 Å². The van der Waals surface area contributed by atoms with Gasteiger partial charge < -0.3 is 24.8 Å². The summed E-state index contributed by atoms with van der Waals surface area (Å²) in [7, 11) is 3.04. The molecule has 0 spiro atoms. The number of carboxylic acid groups (broad SMARTS) is 1. The fourth-order valence-corrected chi connectivity index (χ4v) is 2.62. The molecule has 1 saturated heterocycles. The first-order chi connectivity index (χ1) is 11.4. The molecule has 8 heteroatoms. The van der Waals surface area contributed by atoms with E-state index in [1.807, 2.05) is 0 Å². The zero-order valence-electron chi connectivity index (χ0n) is 13.6. The molecule has 1 aliphatic heterocycles. The van der Waals surface area contributed by atoms with Gasteiger partial charge in [0.25, 0.3) is 0 Å². The van der Waals surface area contributed by atoms with Gasteiger partial charge in [0.2, 0.25) is 5.91 Å². The zero-order chi connectivity index (χ0) is 17.7. The fraction of sp³-hybridized carbons (Fsp3) is 0.438. The van der Waals surface area contributed by atoms with E-state index >= 15 is 0 Å². The second-order valence-corrected chi connectivity index (χ2v) is 5.45. The summed E-state index contributed by atoms with van der Waals surface area (Å²) in [5.74, 6) is 0.618. The summed E-state index contributed by atoms with van der Waals surface area (Å²) in [5.41, 5.74) is 0.704. The SMILES string of the molecule is COc1ccc(CN2CC(=O)CC[C@@H](NC(=O)O)C2=O)c(OC)c1. The van der Waals surface area contributed by atoms with Gasteiger partial charge >= 0.3 is 6.09 Å². The van der Waals surface area contributed by atoms with Crippen LogP contribution < -0.4 is 14.8 Å². The average molecular weight is 336 g/mol. The molecule has 130 valence electrons. The third-order valence-electron chi connectivity index (χ3n) is 3.84. The lowest BCUT2D eigenvalue weighted by Crippen LogP contribution is -2.47. The first-order valence-electron chi connectivity index (χ1n) is 7.45. The maximum atomic E-state index is 12.5. The molecule has 1 heterocycles. The number of methoxy groups -OCH3 is 2. The Morgan fingerprint density at radius 3 is 2.71 bits per heavy atom. The molecule has 0 saturated carbocycles. The van der Waals surface area contributed by atoms with Crippen LogP contribution in [0, 0.1) is 0 Å². The van der Waals surface area contributed by atoms with Crippen LogP contribution >= 0.6 is 0 Å². The second-order valence-electron chi connectivity index (χ2n) is 5.45. The number of hydrogen-bond donors (Lipinski definition) is 2. The molecule has 2 amide bonds. The Morgan fingerprint density at radius 2 is 2.08 bits per heavy atom. The van der Waals surface area contributed by atoms with Crippen LogP contribution in [-0.2, 0) is 16.1 Å². The highest BCUT2D eigenvalue weighted by atomic mass is 16.5. The molecular weight excluding hydrogens is 316 g/mol. The molecule has 0 bridgehead atoms. The molecule has 2 N–H and O–H groups in total. The molecule has 1 atom stereocenters. The predicted molar refractivity (Wildman–Crippen MR) is 84.2 cm³/mol. The second kappa shape index (κ2) is 7.67. The van der Waals surface area contributed by atoms with Gasteiger partial charge in [0.05, 0.1) is 20.8 Å². The van der Waals surface area contributed by atoms with Gasteiger partial charge in [0, 0.05) is 24.6 Å². The number of ether oxygens (including phenoxy) is 2. The smallest absolute Gasteiger partial charge is 0.405 e. The number of carbonyl (C=O) groups excluding carboxylic acids is 2. The van der Waals surface area contributed by atoms with Crippen molar-refractivity contribution in [1.29, 1.82) is 0 Å². The van der Waals surface area contributed by atoms with Gasteiger partial charge in [-0.2, -0.15) is 0 Å². The highest BCUT2D eigenvalue weighted by Gasteiger charge is 2.31. The summed E-state index contributed by atoms with van der Waals surface area (Å²) in [5, 5.41) is 11.0. The summed E-state index contributed by atoms with van der Waals surface area (Å²) in [6.07, 6.45) is -0.961. The molecule has 24 heavy (non-hydrogen) atoms. The molecular formula is C16H20N2O6. The van der Waals surface area contributed by atoms with Crippen LogP contribution in [0.25, 0.3) is 0 Å². The maximum Gasteiger partial charge on any atom is 0.405 e. The van der Waals surface area contributed by atoms with E-state index in [4.69, 9.17) is 14.6 Å². The minimum absolute atomic E-state index is 0.0498. The minimum Gasteiger partial charge on any atom is -0.497 e. The topological polar surface area (TPSA) is 105 Å². The van der Waals surface area contributed by atoms with Gasteiger partial charge in [-0.05, 0) is 18.6 Å². The normalized spacial score (nSPS) is 18.1. The molecule has 0 radical (unpaired) electrons. The van der Waals surface area contributed by atoms with Crippen molar-refractivity contribution in [3.05, 3.63) is 23.8 Å². The number of likely N-dealkylation sites (tertiary alicyclic amines) is 1. The third kappa shape index (κ3) is 4.15. The number of Topliss-reactive ketones (excluding diaryl/α,β-unsaturated/α-hetero) is 1. The number of hydrogen-bond acceptors (Lipinski definition) is 5. The van der Waals surface area contributed by atoms with Gasteiger partial charge in [0.15, 0.2) is 5.78 Å². The van der Waals surface area contributed by atoms with E-state index in [1.54, 1.807) is 18.2 Å². The van der Waals surface area contributed by atoms with E-state index in [-0.39, 0.29) is 31.7 Å². The predicted octanol–water partition coefficient (Wildman–Crippen LogP) is 1.03. The quantitative estimate of drug-likeness (QED) is 0.832. The number of nitrogens with one attached hydrogen (secondary N) is 1. The van der Waals surface area contributed by atoms with E-state index in [9.17, 15) is 14.4 Å². The number of amides is 2. The lowest BCUT2D eigenvalue weighted by atomic mass is 10.1. The van der Waals surface area contributed by atoms with E-state index in [2.05, 4.69) is 5.32 Å². The van der Waals surface area contributed by atoms with Crippen molar-refractivity contribution in [3.63, 3.8) is 0 Å². The van der Waals surface area contributed by atoms with Crippen molar-refractivity contribution in [2.24, 2.45) is 0 Å². The standard InChI is InChI=1S/C16H20N2O6/c1-23-12-5-3-10(14(7-12)24-2)8-18-9-11(19)4-6-13(15(18)20)17-16(21)22/h3,5,7,13,17H,4,6,8-9H2,1-2H3,(H,21,22)/t13-/m1/s1. The van der Waals surface area contributed by atoms with Gasteiger partial charge in [-0.3, -0.25) is 9.59 Å². The van der Waals surface area contributed by atoms with Crippen LogP contribution in [0.3, 0.4) is 0 Å². The van der Waals surface area contributed by atoms with Gasteiger partial charge in [-0.15, -0.1) is 0 Å². The summed E-state index contributed by atoms with van der Waals surface area (Å²) in [6, 6.07) is 4.25. The zero-order valence-corrected chi connectivity index (χ0v) is 13.6. The van der Waals surface area contributed by atoms with Crippen LogP contribution in [0.15, 0.2) is 18.2 Å². The van der Waals surface area contributed by atoms with Crippen LogP contribution in [0.2, 0.25) is 0 Å². The van der Waals surface area contributed by atoms with Crippen LogP contribution in [0.4, 0.5) is 4.79 Å². The first kappa shape index (κ1) is 17.6. The fourth-order valence-electron chi connectivity index (χ4n) is 2.62. The Balaban J connectivity index is 2.23. The van der Waals surface area contributed by atoms with E-state index in [0.717, 1.165) is 0 Å². The van der Waals surface area contributed by atoms with E-state index in [1.165, 1.54) is 19.1 Å². The van der Waals surface area contributed by atoms with Crippen molar-refractivity contribution in [2.45, 2.75) is 25.4 Å². The summed E-state index contributed by atoms with van der Waals surface area (Å²) in [6.45, 7) is 0.0986. The Bertz CT molecular complexity index is 645. The number of carbonyl (C=O) groups is 3. The van der Waals surface area contributed by atoms with Crippen LogP contribution in [0.1, 0.15) is 18.4 Å². The van der Waals surface area contributed by atoms with Crippen LogP contribution in [-0.4, -0.2) is 54.6 Å². The molecule has 1 aliphatic rings. The third-order valence-corrected chi connectivity index (χ3v) is 3.84. The molecule has 2 rings (SSSR count). The number of nitrogens with zero attached hydrogens (tertiary/aromatic N) is 1. The van der Waals surface area contributed by atoms with Crippen LogP contribution in [0.5, 0.6) is 11.5 Å². The number of rotatable bonds is 5. The largest absolute Gasteiger partial charge is 0.497 e. The minimum atomic E-state index is -1.29. The molecule has 1 aromatic carbocycles. The summed E-state index contributed by atoms with van der Waals surface area (Å²) >= 11 is 0. The molecule has 0 aliphatic carbocycles. The van der Waals surface area contributed by atoms with Crippen molar-refractivity contribution in [1.82, 2.24) is 10.2 Å². The van der Waals surface area contributed by atoms with Crippen molar-refractivity contribution >= 4 is 17.8 Å². The highest BCUT2D eigenvalue weighted by molar-refractivity contribution is 5.92. The Kier molecular flexibility index (Phi) is 5.62. The Hall–Kier alpha value is -2.77. The van der Waals surface area contributed by atoms with Crippen molar-refractivity contribution < 1.29 is 29.0 Å². The van der Waals surface area contributed by atoms with E-state index < -0.39 is 18.0 Å². The summed E-state index contributed by atoms with van der Waals surface area (Å²) in [4.78, 5) is 36.6. The number of benzene rings is 1. The monoisotopic (exact) mass is 336 g/mol. The molecule has 1 fully saturated rings. The van der Waals surface area contributed by atoms with Gasteiger partial charge in [0.1, 0.15) is 17.5 Å². The molecule has 8 nitrogen and oxygen atoms in total. The number of ketones is 1. The van der Waals surface area contributed by atoms with Crippen molar-refractivity contribution in [2.75, 3.05) is 20.8 Å². The van der Waals surface area contributed by atoms with Gasteiger partial charge in [-0.1, -0.05) is 0 Å². The van der Waals surface area contributed by atoms with Gasteiger partial charge in [-0.25, -0.2) is 4.79 Å².